The Morgan fingerprint density at radius 2 is 1.18 bits per heavy atom. The number of nitrogens with two attached hydrogens (primary N) is 1. The second-order valence-corrected chi connectivity index (χ2v) is 7.68. The summed E-state index contributed by atoms with van der Waals surface area (Å²) in [6.45, 7) is 4.89. The standard InChI is InChI=1S/C18H37NO2.C7H8/c1-2-3-4-5-6-7-8-9-10-11-12-13-14-15-16-21-18(20)17-19;1-7-5-3-2-4-6-7/h2-17,19H2,1H3;2-6H,1H3. The predicted octanol–water partition coefficient (Wildman–Crippen LogP) is 6.96. The minimum atomic E-state index is -0.287. The first-order chi connectivity index (χ1) is 13.7. The third-order valence-corrected chi connectivity index (χ3v) is 4.87. The van der Waals surface area contributed by atoms with Gasteiger partial charge in [-0.2, -0.15) is 0 Å². The SMILES string of the molecule is CCCCCCCCCCCCCCCCOC(=O)CN.Cc1ccccc1. The van der Waals surface area contributed by atoms with Crippen LogP contribution in [0.3, 0.4) is 0 Å². The zero-order chi connectivity index (χ0) is 20.7. The molecular formula is C25H45NO2. The lowest BCUT2D eigenvalue weighted by molar-refractivity contribution is -0.142. The molecule has 1 aromatic carbocycles. The number of rotatable bonds is 16. The molecule has 162 valence electrons. The van der Waals surface area contributed by atoms with Crippen LogP contribution < -0.4 is 5.73 Å². The van der Waals surface area contributed by atoms with Gasteiger partial charge in [0, 0.05) is 0 Å². The summed E-state index contributed by atoms with van der Waals surface area (Å²) in [5.74, 6) is -0.287. The fourth-order valence-corrected chi connectivity index (χ4v) is 3.08. The van der Waals surface area contributed by atoms with E-state index in [0.717, 1.165) is 12.8 Å². The van der Waals surface area contributed by atoms with Gasteiger partial charge < -0.3 is 10.5 Å². The number of unbranched alkanes of at least 4 members (excludes halogenated alkanes) is 13. The summed E-state index contributed by atoms with van der Waals surface area (Å²) in [7, 11) is 0. The summed E-state index contributed by atoms with van der Waals surface area (Å²) in [5.41, 5.74) is 6.48. The van der Waals surface area contributed by atoms with Crippen molar-refractivity contribution < 1.29 is 9.53 Å². The summed E-state index contributed by atoms with van der Waals surface area (Å²) >= 11 is 0. The molecule has 0 amide bonds. The van der Waals surface area contributed by atoms with E-state index in [1.807, 2.05) is 18.2 Å². The van der Waals surface area contributed by atoms with Crippen molar-refractivity contribution in [2.24, 2.45) is 5.73 Å². The fourth-order valence-electron chi connectivity index (χ4n) is 3.08. The average Bonchev–Trinajstić information content (AvgIpc) is 2.71. The minimum Gasteiger partial charge on any atom is -0.465 e. The molecule has 0 saturated carbocycles. The van der Waals surface area contributed by atoms with Crippen molar-refractivity contribution in [3.05, 3.63) is 35.9 Å². The van der Waals surface area contributed by atoms with Gasteiger partial charge >= 0.3 is 5.97 Å². The average molecular weight is 392 g/mol. The molecule has 28 heavy (non-hydrogen) atoms. The van der Waals surface area contributed by atoms with Crippen molar-refractivity contribution >= 4 is 5.97 Å². The van der Waals surface area contributed by atoms with Gasteiger partial charge in [0.25, 0.3) is 0 Å². The van der Waals surface area contributed by atoms with Crippen molar-refractivity contribution in [2.45, 2.75) is 104 Å². The van der Waals surface area contributed by atoms with Crippen molar-refractivity contribution in [1.82, 2.24) is 0 Å². The molecule has 0 fully saturated rings. The van der Waals surface area contributed by atoms with Crippen LogP contribution in [-0.4, -0.2) is 19.1 Å². The van der Waals surface area contributed by atoms with Crippen LogP contribution in [0, 0.1) is 6.92 Å². The van der Waals surface area contributed by atoms with Gasteiger partial charge in [-0.25, -0.2) is 0 Å². The zero-order valence-electron chi connectivity index (χ0n) is 18.6. The van der Waals surface area contributed by atoms with Gasteiger partial charge in [-0.15, -0.1) is 0 Å². The van der Waals surface area contributed by atoms with Crippen LogP contribution in [0.5, 0.6) is 0 Å². The van der Waals surface area contributed by atoms with Gasteiger partial charge in [0.05, 0.1) is 13.2 Å². The summed E-state index contributed by atoms with van der Waals surface area (Å²) in [6.07, 6.45) is 18.8. The highest BCUT2D eigenvalue weighted by molar-refractivity contribution is 5.71. The lowest BCUT2D eigenvalue weighted by atomic mass is 10.0. The van der Waals surface area contributed by atoms with E-state index in [1.165, 1.54) is 82.6 Å². The zero-order valence-corrected chi connectivity index (χ0v) is 18.6. The summed E-state index contributed by atoms with van der Waals surface area (Å²) in [6, 6.07) is 10.3. The molecule has 3 nitrogen and oxygen atoms in total. The molecule has 2 N–H and O–H groups in total. The molecule has 1 aromatic rings. The van der Waals surface area contributed by atoms with Gasteiger partial charge in [0.1, 0.15) is 0 Å². The lowest BCUT2D eigenvalue weighted by Crippen LogP contribution is -2.17. The number of esters is 1. The molecule has 0 atom stereocenters. The summed E-state index contributed by atoms with van der Waals surface area (Å²) < 4.78 is 4.93. The molecule has 1 rings (SSSR count). The van der Waals surface area contributed by atoms with Crippen LogP contribution in [0.4, 0.5) is 0 Å². The monoisotopic (exact) mass is 391 g/mol. The maximum Gasteiger partial charge on any atom is 0.319 e. The van der Waals surface area contributed by atoms with Gasteiger partial charge in [-0.3, -0.25) is 4.79 Å². The van der Waals surface area contributed by atoms with E-state index in [2.05, 4.69) is 26.0 Å². The molecule has 0 aromatic heterocycles. The highest BCUT2D eigenvalue weighted by atomic mass is 16.5. The first-order valence-corrected chi connectivity index (χ1v) is 11.6. The van der Waals surface area contributed by atoms with Crippen LogP contribution in [0.2, 0.25) is 0 Å². The van der Waals surface area contributed by atoms with Crippen LogP contribution >= 0.6 is 0 Å². The third-order valence-electron chi connectivity index (χ3n) is 4.87. The quantitative estimate of drug-likeness (QED) is 0.245. The minimum absolute atomic E-state index is 0.00139. The molecule has 0 unspecified atom stereocenters. The highest BCUT2D eigenvalue weighted by Gasteiger charge is 1.98. The molecule has 0 aliphatic heterocycles. The van der Waals surface area contributed by atoms with Gasteiger partial charge in [0.2, 0.25) is 0 Å². The number of hydrogen-bond donors (Lipinski definition) is 1. The Kier molecular flexibility index (Phi) is 20.9. The van der Waals surface area contributed by atoms with Crippen LogP contribution in [-0.2, 0) is 9.53 Å². The Balaban J connectivity index is 0.000000861. The topological polar surface area (TPSA) is 52.3 Å². The molecule has 3 heteroatoms. The summed E-state index contributed by atoms with van der Waals surface area (Å²) in [5, 5.41) is 0. The Hall–Kier alpha value is -1.35. The number of ether oxygens (including phenoxy) is 1. The largest absolute Gasteiger partial charge is 0.465 e. The van der Waals surface area contributed by atoms with Crippen LogP contribution in [0.15, 0.2) is 30.3 Å². The fraction of sp³-hybridized carbons (Fsp3) is 0.720. The molecule has 0 radical (unpaired) electrons. The third kappa shape index (κ3) is 21.0. The van der Waals surface area contributed by atoms with E-state index in [4.69, 9.17) is 10.5 Å². The lowest BCUT2D eigenvalue weighted by Gasteiger charge is -2.04. The van der Waals surface area contributed by atoms with E-state index < -0.39 is 0 Å². The van der Waals surface area contributed by atoms with E-state index >= 15 is 0 Å². The number of benzene rings is 1. The maximum absolute atomic E-state index is 10.8. The van der Waals surface area contributed by atoms with E-state index in [0.29, 0.717) is 6.61 Å². The number of aryl methyl sites for hydroxylation is 1. The molecule has 0 bridgehead atoms. The van der Waals surface area contributed by atoms with Crippen molar-refractivity contribution in [1.29, 1.82) is 0 Å². The molecule has 0 aliphatic carbocycles. The van der Waals surface area contributed by atoms with Crippen LogP contribution in [0.1, 0.15) is 102 Å². The second-order valence-electron chi connectivity index (χ2n) is 7.68. The smallest absolute Gasteiger partial charge is 0.319 e. The summed E-state index contributed by atoms with van der Waals surface area (Å²) in [4.78, 5) is 10.8. The van der Waals surface area contributed by atoms with Crippen molar-refractivity contribution in [2.75, 3.05) is 13.2 Å². The van der Waals surface area contributed by atoms with Gasteiger partial charge in [-0.1, -0.05) is 126 Å². The van der Waals surface area contributed by atoms with Gasteiger partial charge in [0.15, 0.2) is 0 Å². The Bertz CT molecular complexity index is 433. The van der Waals surface area contributed by atoms with Crippen molar-refractivity contribution in [3.63, 3.8) is 0 Å². The Morgan fingerprint density at radius 1 is 0.750 bits per heavy atom. The second kappa shape index (κ2) is 21.9. The van der Waals surface area contributed by atoms with Gasteiger partial charge in [-0.05, 0) is 13.3 Å². The number of carbonyl (C=O) groups is 1. The normalized spacial score (nSPS) is 10.2. The van der Waals surface area contributed by atoms with Crippen LogP contribution in [0.25, 0.3) is 0 Å². The molecular weight excluding hydrogens is 346 g/mol. The van der Waals surface area contributed by atoms with E-state index in [-0.39, 0.29) is 12.5 Å². The highest BCUT2D eigenvalue weighted by Crippen LogP contribution is 2.12. The predicted molar refractivity (Wildman–Crippen MR) is 122 cm³/mol. The van der Waals surface area contributed by atoms with E-state index in [1.54, 1.807) is 0 Å². The Morgan fingerprint density at radius 3 is 1.54 bits per heavy atom. The number of hydrogen-bond acceptors (Lipinski definition) is 3. The Labute approximate surface area is 174 Å². The first kappa shape index (κ1) is 26.6. The first-order valence-electron chi connectivity index (χ1n) is 11.6. The molecule has 0 spiro atoms. The molecule has 0 saturated heterocycles. The molecule has 0 heterocycles. The number of carbonyl (C=O) groups excluding carboxylic acids is 1. The maximum atomic E-state index is 10.8. The van der Waals surface area contributed by atoms with E-state index in [9.17, 15) is 4.79 Å². The van der Waals surface area contributed by atoms with Crippen molar-refractivity contribution in [3.8, 4) is 0 Å². The molecule has 0 aliphatic rings.